The van der Waals surface area contributed by atoms with E-state index >= 15 is 0 Å². The molecule has 0 bridgehead atoms. The number of ether oxygens (including phenoxy) is 1. The molecule has 2 rings (SSSR count). The lowest BCUT2D eigenvalue weighted by Crippen LogP contribution is -2.34. The first-order valence-electron chi connectivity index (χ1n) is 5.40. The van der Waals surface area contributed by atoms with Crippen LogP contribution in [0.5, 0.6) is 0 Å². The van der Waals surface area contributed by atoms with Crippen molar-refractivity contribution in [2.75, 3.05) is 13.7 Å². The molecule has 1 aromatic rings. The van der Waals surface area contributed by atoms with Gasteiger partial charge in [0, 0.05) is 6.08 Å². The van der Waals surface area contributed by atoms with Crippen molar-refractivity contribution in [3.05, 3.63) is 28.6 Å². The van der Waals surface area contributed by atoms with Crippen molar-refractivity contribution in [1.82, 2.24) is 4.90 Å². The van der Waals surface area contributed by atoms with Crippen LogP contribution in [0.15, 0.2) is 21.5 Å². The van der Waals surface area contributed by atoms with E-state index in [-0.39, 0.29) is 11.4 Å². The molecule has 2 heterocycles. The van der Waals surface area contributed by atoms with Gasteiger partial charge in [0.1, 0.15) is 18.1 Å². The molecular weight excluding hydrogens is 270 g/mol. The molecule has 6 nitrogen and oxygen atoms in total. The summed E-state index contributed by atoms with van der Waals surface area (Å²) in [5.41, 5.74) is 0. The van der Waals surface area contributed by atoms with Gasteiger partial charge in [0.2, 0.25) is 0 Å². The number of imide groups is 1. The minimum Gasteiger partial charge on any atom is -0.468 e. The van der Waals surface area contributed by atoms with Crippen LogP contribution in [0.4, 0.5) is 4.79 Å². The highest BCUT2D eigenvalue weighted by Crippen LogP contribution is 2.32. The van der Waals surface area contributed by atoms with Crippen LogP contribution in [0.1, 0.15) is 11.5 Å². The number of amides is 2. The topological polar surface area (TPSA) is 76.8 Å². The van der Waals surface area contributed by atoms with Crippen molar-refractivity contribution < 1.29 is 23.5 Å². The van der Waals surface area contributed by atoms with E-state index in [1.54, 1.807) is 19.1 Å². The predicted molar refractivity (Wildman–Crippen MR) is 68.1 cm³/mol. The summed E-state index contributed by atoms with van der Waals surface area (Å²) in [4.78, 5) is 35.8. The largest absolute Gasteiger partial charge is 0.468 e. The van der Waals surface area contributed by atoms with Crippen molar-refractivity contribution in [2.45, 2.75) is 6.92 Å². The Hall–Kier alpha value is -2.02. The molecule has 0 aliphatic carbocycles. The first-order chi connectivity index (χ1) is 9.01. The summed E-state index contributed by atoms with van der Waals surface area (Å²) in [6, 6.07) is 3.45. The fraction of sp³-hybridized carbons (Fsp3) is 0.250. The van der Waals surface area contributed by atoms with E-state index in [1.165, 1.54) is 13.2 Å². The maximum atomic E-state index is 11.9. The van der Waals surface area contributed by atoms with Gasteiger partial charge in [0.15, 0.2) is 0 Å². The van der Waals surface area contributed by atoms with Crippen molar-refractivity contribution in [3.63, 3.8) is 0 Å². The number of aryl methyl sites for hydroxylation is 1. The second-order valence-electron chi connectivity index (χ2n) is 3.79. The Labute approximate surface area is 113 Å². The lowest BCUT2D eigenvalue weighted by atomic mass is 10.3. The maximum Gasteiger partial charge on any atom is 0.325 e. The molecule has 0 aromatic carbocycles. The second kappa shape index (κ2) is 5.31. The van der Waals surface area contributed by atoms with Crippen molar-refractivity contribution in [3.8, 4) is 0 Å². The number of carbonyl (C=O) groups excluding carboxylic acids is 3. The average molecular weight is 281 g/mol. The van der Waals surface area contributed by atoms with E-state index in [4.69, 9.17) is 4.42 Å². The Balaban J connectivity index is 2.18. The van der Waals surface area contributed by atoms with E-state index in [2.05, 4.69) is 4.74 Å². The van der Waals surface area contributed by atoms with Crippen molar-refractivity contribution in [2.24, 2.45) is 0 Å². The fourth-order valence-corrected chi connectivity index (χ4v) is 2.31. The van der Waals surface area contributed by atoms with Gasteiger partial charge in [-0.05, 0) is 30.8 Å². The normalized spacial score (nSPS) is 17.4. The van der Waals surface area contributed by atoms with Crippen LogP contribution in [0.2, 0.25) is 0 Å². The van der Waals surface area contributed by atoms with Gasteiger partial charge >= 0.3 is 5.97 Å². The summed E-state index contributed by atoms with van der Waals surface area (Å²) in [7, 11) is 1.20. The molecule has 1 aliphatic rings. The number of hydrogen-bond acceptors (Lipinski definition) is 6. The highest BCUT2D eigenvalue weighted by atomic mass is 32.2. The van der Waals surface area contributed by atoms with Gasteiger partial charge in [-0.2, -0.15) is 0 Å². The van der Waals surface area contributed by atoms with Gasteiger partial charge in [0.05, 0.1) is 12.0 Å². The molecule has 1 saturated heterocycles. The van der Waals surface area contributed by atoms with E-state index < -0.39 is 17.1 Å². The number of furan rings is 1. The second-order valence-corrected chi connectivity index (χ2v) is 4.79. The number of methoxy groups -OCH3 is 1. The molecule has 1 aliphatic heterocycles. The fourth-order valence-electron chi connectivity index (χ4n) is 1.49. The molecule has 0 N–H and O–H groups in total. The molecular formula is C12H11NO5S. The Morgan fingerprint density at radius 1 is 1.47 bits per heavy atom. The minimum absolute atomic E-state index is 0.225. The highest BCUT2D eigenvalue weighted by Gasteiger charge is 2.36. The van der Waals surface area contributed by atoms with Gasteiger partial charge in [0.25, 0.3) is 11.1 Å². The van der Waals surface area contributed by atoms with Crippen molar-refractivity contribution in [1.29, 1.82) is 0 Å². The number of thioether (sulfide) groups is 1. The van der Waals surface area contributed by atoms with Gasteiger partial charge in [-0.25, -0.2) is 0 Å². The minimum atomic E-state index is -0.641. The summed E-state index contributed by atoms with van der Waals surface area (Å²) in [5, 5.41) is -0.495. The third-order valence-corrected chi connectivity index (χ3v) is 3.33. The molecule has 0 radical (unpaired) electrons. The average Bonchev–Trinajstić information content (AvgIpc) is 2.88. The van der Waals surface area contributed by atoms with Crippen LogP contribution in [0, 0.1) is 6.92 Å². The molecule has 0 spiro atoms. The molecule has 1 fully saturated rings. The first-order valence-corrected chi connectivity index (χ1v) is 6.21. The van der Waals surface area contributed by atoms with E-state index in [0.29, 0.717) is 11.5 Å². The highest BCUT2D eigenvalue weighted by molar-refractivity contribution is 8.18. The molecule has 1 aromatic heterocycles. The van der Waals surface area contributed by atoms with E-state index in [9.17, 15) is 14.4 Å². The zero-order valence-electron chi connectivity index (χ0n) is 10.3. The third-order valence-electron chi connectivity index (χ3n) is 2.42. The molecule has 0 unspecified atom stereocenters. The quantitative estimate of drug-likeness (QED) is 0.621. The predicted octanol–water partition coefficient (Wildman–Crippen LogP) is 1.80. The Kier molecular flexibility index (Phi) is 3.75. The van der Waals surface area contributed by atoms with Gasteiger partial charge in [-0.3, -0.25) is 19.3 Å². The van der Waals surface area contributed by atoms with Crippen molar-refractivity contribution >= 4 is 35.0 Å². The number of hydrogen-bond donors (Lipinski definition) is 0. The summed E-state index contributed by atoms with van der Waals surface area (Å²) in [5.74, 6) is 0.0351. The summed E-state index contributed by atoms with van der Waals surface area (Å²) in [6.45, 7) is 1.40. The molecule has 2 amide bonds. The molecule has 0 atom stereocenters. The number of rotatable bonds is 3. The van der Waals surface area contributed by atoms with Crippen LogP contribution < -0.4 is 0 Å². The van der Waals surface area contributed by atoms with Gasteiger partial charge in [-0.15, -0.1) is 0 Å². The summed E-state index contributed by atoms with van der Waals surface area (Å²) >= 11 is 0.769. The van der Waals surface area contributed by atoms with Crippen LogP contribution in [0.25, 0.3) is 6.08 Å². The summed E-state index contributed by atoms with van der Waals surface area (Å²) in [6.07, 6.45) is 1.48. The molecule has 0 saturated carbocycles. The van der Waals surface area contributed by atoms with Crippen LogP contribution >= 0.6 is 11.8 Å². The third kappa shape index (κ3) is 2.87. The standard InChI is InChI=1S/C12H11NO5S/c1-7-3-4-8(18-7)5-9-11(15)13(12(16)19-9)6-10(14)17-2/h3-5H,6H2,1-2H3. The monoisotopic (exact) mass is 281 g/mol. The zero-order valence-corrected chi connectivity index (χ0v) is 11.2. The Bertz CT molecular complexity index is 574. The van der Waals surface area contributed by atoms with E-state index in [1.807, 2.05) is 0 Å². The summed E-state index contributed by atoms with van der Waals surface area (Å²) < 4.78 is 9.74. The molecule has 100 valence electrons. The van der Waals surface area contributed by atoms with Crippen LogP contribution in [-0.4, -0.2) is 35.7 Å². The lowest BCUT2D eigenvalue weighted by molar-refractivity contribution is -0.143. The van der Waals surface area contributed by atoms with E-state index in [0.717, 1.165) is 16.7 Å². The van der Waals surface area contributed by atoms with Gasteiger partial charge in [-0.1, -0.05) is 0 Å². The van der Waals surface area contributed by atoms with Crippen LogP contribution in [-0.2, 0) is 14.3 Å². The number of nitrogens with zero attached hydrogens (tertiary/aromatic N) is 1. The van der Waals surface area contributed by atoms with Gasteiger partial charge < -0.3 is 9.15 Å². The molecule has 7 heteroatoms. The number of carbonyl (C=O) groups is 3. The Morgan fingerprint density at radius 2 is 2.21 bits per heavy atom. The molecule has 19 heavy (non-hydrogen) atoms. The Morgan fingerprint density at radius 3 is 2.79 bits per heavy atom. The van der Waals surface area contributed by atoms with Crippen LogP contribution in [0.3, 0.4) is 0 Å². The first kappa shape index (κ1) is 13.4. The smallest absolute Gasteiger partial charge is 0.325 e. The maximum absolute atomic E-state index is 11.9. The lowest BCUT2D eigenvalue weighted by Gasteiger charge is -2.09. The number of esters is 1. The zero-order chi connectivity index (χ0) is 14.0. The SMILES string of the molecule is COC(=O)CN1C(=O)SC(=Cc2ccc(C)o2)C1=O.